The maximum Gasteiger partial charge on any atom is 0.283 e. The van der Waals surface area contributed by atoms with Crippen LogP contribution in [0.2, 0.25) is 5.02 Å². The molecule has 0 saturated carbocycles. The Morgan fingerprint density at radius 1 is 0.879 bits per heavy atom. The Kier molecular flexibility index (Phi) is 6.22. The standard InChI is InChI=1S/C25H19Cl2N3O3/c1-14-7-8-15(2)19(13-14)29-23(31)16-9-11-17(12-10-16)28-22-21(27)24(32)30(25(22)33)20-6-4-3-5-18(20)26/h3-13,28H,1-2H3,(H,29,31). The van der Waals surface area contributed by atoms with Crippen LogP contribution in [0.15, 0.2) is 77.5 Å². The molecule has 3 aromatic carbocycles. The third-order valence-corrected chi connectivity index (χ3v) is 5.85. The van der Waals surface area contributed by atoms with Gasteiger partial charge in [0.15, 0.2) is 0 Å². The molecule has 1 aliphatic rings. The molecule has 4 rings (SSSR count). The molecule has 0 fully saturated rings. The third-order valence-electron chi connectivity index (χ3n) is 5.18. The highest BCUT2D eigenvalue weighted by molar-refractivity contribution is 6.53. The topological polar surface area (TPSA) is 78.5 Å². The summed E-state index contributed by atoms with van der Waals surface area (Å²) in [5.74, 6) is -1.54. The zero-order chi connectivity index (χ0) is 23.7. The minimum absolute atomic E-state index is 0.0610. The Morgan fingerprint density at radius 2 is 1.58 bits per heavy atom. The van der Waals surface area contributed by atoms with Gasteiger partial charge in [-0.15, -0.1) is 0 Å². The molecule has 0 bridgehead atoms. The summed E-state index contributed by atoms with van der Waals surface area (Å²) in [4.78, 5) is 39.1. The Bertz CT molecular complexity index is 1320. The van der Waals surface area contributed by atoms with Gasteiger partial charge in [-0.05, 0) is 67.4 Å². The summed E-state index contributed by atoms with van der Waals surface area (Å²) in [6.07, 6.45) is 0. The Morgan fingerprint density at radius 3 is 2.27 bits per heavy atom. The number of carbonyl (C=O) groups excluding carboxylic acids is 3. The Labute approximate surface area is 200 Å². The molecular formula is C25H19Cl2N3O3. The lowest BCUT2D eigenvalue weighted by molar-refractivity contribution is -0.120. The van der Waals surface area contributed by atoms with Crippen LogP contribution in [0.5, 0.6) is 0 Å². The van der Waals surface area contributed by atoms with Crippen molar-refractivity contribution in [3.63, 3.8) is 0 Å². The molecule has 2 N–H and O–H groups in total. The van der Waals surface area contributed by atoms with E-state index >= 15 is 0 Å². The number of anilines is 3. The number of imide groups is 1. The van der Waals surface area contributed by atoms with Gasteiger partial charge >= 0.3 is 0 Å². The van der Waals surface area contributed by atoms with Crippen molar-refractivity contribution in [1.29, 1.82) is 0 Å². The van der Waals surface area contributed by atoms with E-state index in [0.29, 0.717) is 11.3 Å². The summed E-state index contributed by atoms with van der Waals surface area (Å²) in [7, 11) is 0. The van der Waals surface area contributed by atoms with E-state index in [-0.39, 0.29) is 27.3 Å². The van der Waals surface area contributed by atoms with Crippen molar-refractivity contribution in [1.82, 2.24) is 0 Å². The minimum Gasteiger partial charge on any atom is -0.350 e. The second-order valence-corrected chi connectivity index (χ2v) is 8.35. The van der Waals surface area contributed by atoms with Crippen molar-refractivity contribution >= 4 is 58.0 Å². The predicted octanol–water partition coefficient (Wildman–Crippen LogP) is 5.64. The first-order valence-electron chi connectivity index (χ1n) is 10.0. The molecule has 6 nitrogen and oxygen atoms in total. The smallest absolute Gasteiger partial charge is 0.283 e. The first-order chi connectivity index (χ1) is 15.8. The van der Waals surface area contributed by atoms with Crippen molar-refractivity contribution in [2.45, 2.75) is 13.8 Å². The second kappa shape index (κ2) is 9.10. The average molecular weight is 480 g/mol. The van der Waals surface area contributed by atoms with Gasteiger partial charge in [-0.25, -0.2) is 4.90 Å². The van der Waals surface area contributed by atoms with Gasteiger partial charge in [-0.1, -0.05) is 47.5 Å². The van der Waals surface area contributed by atoms with Gasteiger partial charge in [0.2, 0.25) is 0 Å². The van der Waals surface area contributed by atoms with E-state index in [1.165, 1.54) is 0 Å². The van der Waals surface area contributed by atoms with E-state index < -0.39 is 11.8 Å². The summed E-state index contributed by atoms with van der Waals surface area (Å²) >= 11 is 12.3. The molecule has 0 aromatic heterocycles. The molecule has 0 radical (unpaired) electrons. The van der Waals surface area contributed by atoms with Crippen LogP contribution in [0, 0.1) is 13.8 Å². The fourth-order valence-corrected chi connectivity index (χ4v) is 3.81. The van der Waals surface area contributed by atoms with Crippen molar-refractivity contribution in [2.75, 3.05) is 15.5 Å². The second-order valence-electron chi connectivity index (χ2n) is 7.56. The number of nitrogens with zero attached hydrogens (tertiary/aromatic N) is 1. The number of amides is 3. The SMILES string of the molecule is Cc1ccc(C)c(NC(=O)c2ccc(NC3=C(Cl)C(=O)N(c4ccccc4Cl)C3=O)cc2)c1. The number of aryl methyl sites for hydroxylation is 2. The number of benzene rings is 3. The molecule has 33 heavy (non-hydrogen) atoms. The first kappa shape index (κ1) is 22.6. The molecule has 1 heterocycles. The van der Waals surface area contributed by atoms with Crippen LogP contribution in [0.25, 0.3) is 0 Å². The quantitative estimate of drug-likeness (QED) is 0.463. The molecule has 0 atom stereocenters. The van der Waals surface area contributed by atoms with Crippen molar-refractivity contribution in [3.05, 3.63) is 99.2 Å². The molecular weight excluding hydrogens is 461 g/mol. The van der Waals surface area contributed by atoms with Crippen LogP contribution in [0.1, 0.15) is 21.5 Å². The van der Waals surface area contributed by atoms with Crippen LogP contribution in [0.3, 0.4) is 0 Å². The van der Waals surface area contributed by atoms with E-state index in [0.717, 1.165) is 21.7 Å². The summed E-state index contributed by atoms with van der Waals surface area (Å²) in [6.45, 7) is 3.88. The zero-order valence-corrected chi connectivity index (χ0v) is 19.3. The van der Waals surface area contributed by atoms with Crippen LogP contribution in [-0.2, 0) is 9.59 Å². The largest absolute Gasteiger partial charge is 0.350 e. The van der Waals surface area contributed by atoms with Crippen LogP contribution in [-0.4, -0.2) is 17.7 Å². The van der Waals surface area contributed by atoms with Crippen LogP contribution >= 0.6 is 23.2 Å². The average Bonchev–Trinajstić information content (AvgIpc) is 3.00. The molecule has 3 amide bonds. The van der Waals surface area contributed by atoms with Gasteiger partial charge in [0.05, 0.1) is 10.7 Å². The highest BCUT2D eigenvalue weighted by atomic mass is 35.5. The minimum atomic E-state index is -0.665. The van der Waals surface area contributed by atoms with Crippen molar-refractivity contribution in [3.8, 4) is 0 Å². The molecule has 166 valence electrons. The maximum absolute atomic E-state index is 12.9. The third kappa shape index (κ3) is 4.49. The van der Waals surface area contributed by atoms with Gasteiger partial charge in [-0.3, -0.25) is 14.4 Å². The Hall–Kier alpha value is -3.61. The lowest BCUT2D eigenvalue weighted by Gasteiger charge is -2.16. The summed E-state index contributed by atoms with van der Waals surface area (Å²) in [5.41, 5.74) is 3.87. The van der Waals surface area contributed by atoms with E-state index in [2.05, 4.69) is 10.6 Å². The van der Waals surface area contributed by atoms with Gasteiger partial charge in [0.1, 0.15) is 10.7 Å². The van der Waals surface area contributed by atoms with Gasteiger partial charge < -0.3 is 10.6 Å². The lowest BCUT2D eigenvalue weighted by Crippen LogP contribution is -2.32. The number of hydrogen-bond donors (Lipinski definition) is 2. The maximum atomic E-state index is 12.9. The molecule has 0 unspecified atom stereocenters. The highest BCUT2D eigenvalue weighted by Gasteiger charge is 2.39. The summed E-state index contributed by atoms with van der Waals surface area (Å²) in [5, 5.41) is 5.80. The van der Waals surface area contributed by atoms with E-state index in [1.807, 2.05) is 32.0 Å². The fraction of sp³-hybridized carbons (Fsp3) is 0.0800. The van der Waals surface area contributed by atoms with Gasteiger partial charge in [-0.2, -0.15) is 0 Å². The van der Waals surface area contributed by atoms with Gasteiger partial charge in [0.25, 0.3) is 17.7 Å². The van der Waals surface area contributed by atoms with E-state index in [1.54, 1.807) is 48.5 Å². The monoisotopic (exact) mass is 479 g/mol. The Balaban J connectivity index is 1.50. The molecule has 0 aliphatic carbocycles. The van der Waals surface area contributed by atoms with Gasteiger partial charge in [0, 0.05) is 16.9 Å². The number of para-hydroxylation sites is 1. The number of rotatable bonds is 5. The van der Waals surface area contributed by atoms with E-state index in [4.69, 9.17) is 23.2 Å². The first-order valence-corrected chi connectivity index (χ1v) is 10.8. The molecule has 8 heteroatoms. The van der Waals surface area contributed by atoms with Crippen LogP contribution in [0.4, 0.5) is 17.1 Å². The van der Waals surface area contributed by atoms with E-state index in [9.17, 15) is 14.4 Å². The summed E-state index contributed by atoms with van der Waals surface area (Å²) < 4.78 is 0. The zero-order valence-electron chi connectivity index (χ0n) is 17.8. The van der Waals surface area contributed by atoms with Crippen molar-refractivity contribution < 1.29 is 14.4 Å². The number of carbonyl (C=O) groups is 3. The fourth-order valence-electron chi connectivity index (χ4n) is 3.38. The number of hydrogen-bond acceptors (Lipinski definition) is 4. The highest BCUT2D eigenvalue weighted by Crippen LogP contribution is 2.34. The number of nitrogens with one attached hydrogen (secondary N) is 2. The molecule has 0 saturated heterocycles. The summed E-state index contributed by atoms with van der Waals surface area (Å²) in [6, 6.07) is 18.8. The molecule has 0 spiro atoms. The normalized spacial score (nSPS) is 13.5. The lowest BCUT2D eigenvalue weighted by atomic mass is 10.1. The number of halogens is 2. The molecule has 3 aromatic rings. The van der Waals surface area contributed by atoms with Crippen LogP contribution < -0.4 is 15.5 Å². The van der Waals surface area contributed by atoms with Crippen molar-refractivity contribution in [2.24, 2.45) is 0 Å². The predicted molar refractivity (Wildman–Crippen MR) is 131 cm³/mol. The molecule has 1 aliphatic heterocycles.